The van der Waals surface area contributed by atoms with Crippen LogP contribution in [-0.2, 0) is 5.41 Å². The predicted molar refractivity (Wildman–Crippen MR) is 85.3 cm³/mol. The van der Waals surface area contributed by atoms with Gasteiger partial charge in [-0.15, -0.1) is 0 Å². The molecular formula is C17H21ClN2. The minimum absolute atomic E-state index is 0.0116. The number of halogens is 1. The Bertz CT molecular complexity index is 637. The molecule has 0 fully saturated rings. The molecule has 0 spiro atoms. The highest BCUT2D eigenvalue weighted by atomic mass is 35.5. The quantitative estimate of drug-likeness (QED) is 0.758. The Kier molecular flexibility index (Phi) is 3.75. The third-order valence-corrected chi connectivity index (χ3v) is 3.54. The van der Waals surface area contributed by atoms with Crippen molar-refractivity contribution in [1.82, 2.24) is 9.97 Å². The number of aromatic nitrogens is 2. The summed E-state index contributed by atoms with van der Waals surface area (Å²) < 4.78 is 8.07. The summed E-state index contributed by atoms with van der Waals surface area (Å²) in [5.74, 6) is -0.711. The van der Waals surface area contributed by atoms with E-state index in [9.17, 15) is 0 Å². The van der Waals surface area contributed by atoms with E-state index in [0.717, 1.165) is 22.5 Å². The minimum atomic E-state index is -0.711. The smallest absolute Gasteiger partial charge is 0.0885 e. The monoisotopic (exact) mass is 290 g/mol. The molecule has 2 aromatic rings. The summed E-state index contributed by atoms with van der Waals surface area (Å²) in [6.07, 6.45) is 3.59. The summed E-state index contributed by atoms with van der Waals surface area (Å²) in [5, 5.41) is 0.592. The van der Waals surface area contributed by atoms with Gasteiger partial charge in [-0.2, -0.15) is 0 Å². The van der Waals surface area contributed by atoms with Crippen LogP contribution >= 0.6 is 11.6 Å². The van der Waals surface area contributed by atoms with E-state index >= 15 is 0 Å². The van der Waals surface area contributed by atoms with Crippen molar-refractivity contribution < 1.29 is 1.37 Å². The highest BCUT2D eigenvalue weighted by Crippen LogP contribution is 2.29. The van der Waals surface area contributed by atoms with Gasteiger partial charge in [0.15, 0.2) is 0 Å². The fourth-order valence-corrected chi connectivity index (χ4v) is 2.31. The zero-order valence-corrected chi connectivity index (χ0v) is 13.4. The molecule has 2 rings (SSSR count). The van der Waals surface area contributed by atoms with E-state index in [1.54, 1.807) is 6.20 Å². The van der Waals surface area contributed by atoms with Gasteiger partial charge >= 0.3 is 0 Å². The molecule has 1 aromatic heterocycles. The molecule has 0 N–H and O–H groups in total. The first-order valence-electron chi connectivity index (χ1n) is 7.22. The van der Waals surface area contributed by atoms with E-state index in [1.165, 1.54) is 0 Å². The van der Waals surface area contributed by atoms with Crippen LogP contribution in [0.4, 0.5) is 0 Å². The van der Waals surface area contributed by atoms with Crippen LogP contribution in [0.25, 0.3) is 11.3 Å². The van der Waals surface area contributed by atoms with Gasteiger partial charge in [-0.1, -0.05) is 58.4 Å². The molecule has 1 aromatic carbocycles. The number of hydrogen-bond acceptors (Lipinski definition) is 2. The molecule has 0 amide bonds. The molecule has 0 aliphatic rings. The lowest BCUT2D eigenvalue weighted by Gasteiger charge is -2.17. The molecule has 1 heterocycles. The zero-order chi connectivity index (χ0) is 15.8. The molecular weight excluding hydrogens is 268 g/mol. The van der Waals surface area contributed by atoms with E-state index in [2.05, 4.69) is 30.7 Å². The maximum absolute atomic E-state index is 8.07. The van der Waals surface area contributed by atoms with Crippen molar-refractivity contribution in [3.8, 4) is 11.3 Å². The molecule has 0 radical (unpaired) electrons. The maximum Gasteiger partial charge on any atom is 0.0885 e. The Morgan fingerprint density at radius 1 is 1.15 bits per heavy atom. The normalized spacial score (nSPS) is 13.2. The van der Waals surface area contributed by atoms with E-state index in [-0.39, 0.29) is 5.41 Å². The maximum atomic E-state index is 8.07. The molecule has 0 unspecified atom stereocenters. The Balaban J connectivity index is 2.37. The second kappa shape index (κ2) is 5.53. The van der Waals surface area contributed by atoms with Crippen molar-refractivity contribution in [2.45, 2.75) is 45.9 Å². The first-order chi connectivity index (χ1) is 9.59. The van der Waals surface area contributed by atoms with Crippen molar-refractivity contribution in [1.29, 1.82) is 0 Å². The standard InChI is InChI=1S/C17H21ClN2/c1-11(2)13-7-6-12(8-14(13)18)15-9-20-16(10-19-15)17(3,4)5/h6-11H,1-5H3/i11T. The lowest BCUT2D eigenvalue weighted by atomic mass is 9.92. The van der Waals surface area contributed by atoms with Crippen molar-refractivity contribution in [3.63, 3.8) is 0 Å². The highest BCUT2D eigenvalue weighted by molar-refractivity contribution is 6.31. The second-order valence-corrected chi connectivity index (χ2v) is 6.64. The van der Waals surface area contributed by atoms with Crippen LogP contribution in [0.1, 0.15) is 53.1 Å². The second-order valence-electron chi connectivity index (χ2n) is 6.23. The van der Waals surface area contributed by atoms with Crippen LogP contribution in [0, 0.1) is 0 Å². The lowest BCUT2D eigenvalue weighted by Crippen LogP contribution is -2.13. The molecule has 106 valence electrons. The van der Waals surface area contributed by atoms with Gasteiger partial charge in [-0.3, -0.25) is 9.97 Å². The fourth-order valence-electron chi connectivity index (χ4n) is 1.94. The summed E-state index contributed by atoms with van der Waals surface area (Å²) in [6, 6.07) is 5.69. The summed E-state index contributed by atoms with van der Waals surface area (Å²) in [7, 11) is 0. The Labute approximate surface area is 127 Å². The van der Waals surface area contributed by atoms with Crippen LogP contribution in [-0.4, -0.2) is 9.97 Å². The fraction of sp³-hybridized carbons (Fsp3) is 0.412. The lowest BCUT2D eigenvalue weighted by molar-refractivity contribution is 0.566. The predicted octanol–water partition coefficient (Wildman–Crippen LogP) is 5.22. The number of benzene rings is 1. The van der Waals surface area contributed by atoms with E-state index in [0.29, 0.717) is 5.02 Å². The molecule has 0 saturated heterocycles. The number of nitrogens with zero attached hydrogens (tertiary/aromatic N) is 2. The number of hydrogen-bond donors (Lipinski definition) is 0. The average molecular weight is 291 g/mol. The van der Waals surface area contributed by atoms with E-state index in [4.69, 9.17) is 13.0 Å². The van der Waals surface area contributed by atoms with Gasteiger partial charge in [0.25, 0.3) is 0 Å². The van der Waals surface area contributed by atoms with Crippen LogP contribution in [0.3, 0.4) is 0 Å². The minimum Gasteiger partial charge on any atom is -0.257 e. The van der Waals surface area contributed by atoms with E-state index in [1.807, 2.05) is 38.2 Å². The Morgan fingerprint density at radius 3 is 2.30 bits per heavy atom. The van der Waals surface area contributed by atoms with Crippen LogP contribution in [0.2, 0.25) is 5.02 Å². The molecule has 0 aliphatic heterocycles. The first kappa shape index (κ1) is 13.6. The summed E-state index contributed by atoms with van der Waals surface area (Å²) in [4.78, 5) is 8.96. The molecule has 0 saturated carbocycles. The summed E-state index contributed by atoms with van der Waals surface area (Å²) >= 11 is 6.30. The van der Waals surface area contributed by atoms with Crippen molar-refractivity contribution in [3.05, 3.63) is 46.9 Å². The molecule has 0 aliphatic carbocycles. The molecule has 0 atom stereocenters. The van der Waals surface area contributed by atoms with Gasteiger partial charge in [0.1, 0.15) is 0 Å². The van der Waals surface area contributed by atoms with Gasteiger partial charge < -0.3 is 0 Å². The van der Waals surface area contributed by atoms with Gasteiger partial charge in [-0.25, -0.2) is 0 Å². The third-order valence-electron chi connectivity index (χ3n) is 3.22. The van der Waals surface area contributed by atoms with Gasteiger partial charge in [0, 0.05) is 23.6 Å². The van der Waals surface area contributed by atoms with Crippen LogP contribution in [0.5, 0.6) is 0 Å². The third kappa shape index (κ3) is 3.18. The highest BCUT2D eigenvalue weighted by Gasteiger charge is 2.16. The summed E-state index contributed by atoms with van der Waals surface area (Å²) in [6.45, 7) is 9.98. The van der Waals surface area contributed by atoms with Gasteiger partial charge in [0.2, 0.25) is 0 Å². The molecule has 2 nitrogen and oxygen atoms in total. The van der Waals surface area contributed by atoms with Gasteiger partial charge in [0.05, 0.1) is 17.6 Å². The zero-order valence-electron chi connectivity index (χ0n) is 13.7. The van der Waals surface area contributed by atoms with E-state index < -0.39 is 5.89 Å². The topological polar surface area (TPSA) is 25.8 Å². The molecule has 0 bridgehead atoms. The largest absolute Gasteiger partial charge is 0.257 e. The van der Waals surface area contributed by atoms with Crippen molar-refractivity contribution in [2.75, 3.05) is 0 Å². The van der Waals surface area contributed by atoms with Gasteiger partial charge in [-0.05, 0) is 17.5 Å². The Morgan fingerprint density at radius 2 is 1.85 bits per heavy atom. The van der Waals surface area contributed by atoms with Crippen LogP contribution < -0.4 is 0 Å². The molecule has 20 heavy (non-hydrogen) atoms. The molecule has 3 heteroatoms. The Hall–Kier alpha value is -1.41. The first-order valence-corrected chi connectivity index (χ1v) is 7.10. The summed E-state index contributed by atoms with van der Waals surface area (Å²) in [5.41, 5.74) is 3.47. The van der Waals surface area contributed by atoms with Crippen LogP contribution in [0.15, 0.2) is 30.6 Å². The average Bonchev–Trinajstić information content (AvgIpc) is 2.36. The van der Waals surface area contributed by atoms with Crippen molar-refractivity contribution in [2.24, 2.45) is 0 Å². The van der Waals surface area contributed by atoms with Crippen molar-refractivity contribution >= 4 is 11.6 Å². The SMILES string of the molecule is [3H]C(C)(C)c1ccc(-c2cnc(C(C)(C)C)cn2)cc1Cl. The number of rotatable bonds is 2.